The van der Waals surface area contributed by atoms with Crippen LogP contribution in [0.4, 0.5) is 0 Å². The van der Waals surface area contributed by atoms with Crippen molar-refractivity contribution in [3.63, 3.8) is 0 Å². The maximum Gasteiger partial charge on any atom is 0.334 e. The van der Waals surface area contributed by atoms with Crippen molar-refractivity contribution in [1.29, 1.82) is 0 Å². The van der Waals surface area contributed by atoms with Gasteiger partial charge in [-0.2, -0.15) is 0 Å². The monoisotopic (exact) mass is 210 g/mol. The zero-order valence-electron chi connectivity index (χ0n) is 8.47. The maximum absolute atomic E-state index is 10.8. The summed E-state index contributed by atoms with van der Waals surface area (Å²) in [6.07, 6.45) is 5.31. The molecule has 0 aromatic carbocycles. The number of aliphatic hydroxyl groups is 2. The molecule has 4 heteroatoms. The Morgan fingerprint density at radius 1 is 1.53 bits per heavy atom. The van der Waals surface area contributed by atoms with Crippen molar-refractivity contribution in [2.75, 3.05) is 0 Å². The van der Waals surface area contributed by atoms with Crippen molar-refractivity contribution < 1.29 is 20.1 Å². The van der Waals surface area contributed by atoms with Gasteiger partial charge in [0.15, 0.2) is 0 Å². The van der Waals surface area contributed by atoms with Crippen molar-refractivity contribution in [3.8, 4) is 0 Å². The molecule has 0 aliphatic heterocycles. The van der Waals surface area contributed by atoms with Gasteiger partial charge in [-0.15, -0.1) is 0 Å². The summed E-state index contributed by atoms with van der Waals surface area (Å²) in [5.74, 6) is -1.41. The standard InChI is InChI=1S/C11H14O4/c1-2-9(11(14)15)10(13)7-3-5-8(12)6-4-7/h3,5-7,12-13H,2,4H2,1H3,(H,14,15). The minimum atomic E-state index is -1.10. The highest BCUT2D eigenvalue weighted by Crippen LogP contribution is 2.24. The molecule has 1 rings (SSSR count). The van der Waals surface area contributed by atoms with E-state index in [0.29, 0.717) is 6.42 Å². The highest BCUT2D eigenvalue weighted by atomic mass is 16.4. The van der Waals surface area contributed by atoms with E-state index in [9.17, 15) is 9.90 Å². The van der Waals surface area contributed by atoms with Crippen LogP contribution in [-0.2, 0) is 4.79 Å². The second kappa shape index (κ2) is 4.68. The largest absolute Gasteiger partial charge is 0.511 e. The van der Waals surface area contributed by atoms with Crippen molar-refractivity contribution in [2.45, 2.75) is 19.8 Å². The minimum Gasteiger partial charge on any atom is -0.511 e. The van der Waals surface area contributed by atoms with Crippen LogP contribution in [0.25, 0.3) is 0 Å². The normalized spacial score (nSPS) is 21.9. The third-order valence-corrected chi connectivity index (χ3v) is 2.35. The number of carbonyl (C=O) groups is 1. The van der Waals surface area contributed by atoms with Gasteiger partial charge in [-0.3, -0.25) is 0 Å². The van der Waals surface area contributed by atoms with Crippen LogP contribution >= 0.6 is 0 Å². The summed E-state index contributed by atoms with van der Waals surface area (Å²) in [6.45, 7) is 1.68. The zero-order valence-corrected chi connectivity index (χ0v) is 8.47. The summed E-state index contributed by atoms with van der Waals surface area (Å²) < 4.78 is 0. The Hall–Kier alpha value is -1.71. The van der Waals surface area contributed by atoms with Gasteiger partial charge in [0, 0.05) is 5.92 Å². The van der Waals surface area contributed by atoms with Crippen molar-refractivity contribution >= 4 is 5.97 Å². The average Bonchev–Trinajstić information content (AvgIpc) is 2.19. The molecule has 1 aliphatic rings. The Balaban J connectivity index is 2.89. The van der Waals surface area contributed by atoms with Gasteiger partial charge in [0.25, 0.3) is 0 Å². The summed E-state index contributed by atoms with van der Waals surface area (Å²) in [5.41, 5.74) is 0.0273. The fourth-order valence-corrected chi connectivity index (χ4v) is 1.48. The number of aliphatic carboxylic acids is 1. The van der Waals surface area contributed by atoms with Crippen molar-refractivity contribution in [2.24, 2.45) is 5.92 Å². The van der Waals surface area contributed by atoms with Crippen molar-refractivity contribution in [1.82, 2.24) is 0 Å². The summed E-state index contributed by atoms with van der Waals surface area (Å²) in [5, 5.41) is 27.6. The summed E-state index contributed by atoms with van der Waals surface area (Å²) in [6, 6.07) is 0. The van der Waals surface area contributed by atoms with Crippen LogP contribution in [0.2, 0.25) is 0 Å². The van der Waals surface area contributed by atoms with E-state index in [-0.39, 0.29) is 29.4 Å². The number of hydrogen-bond acceptors (Lipinski definition) is 3. The lowest BCUT2D eigenvalue weighted by Crippen LogP contribution is -2.11. The molecule has 0 bridgehead atoms. The van der Waals surface area contributed by atoms with Gasteiger partial charge in [0.05, 0.1) is 5.57 Å². The molecule has 4 nitrogen and oxygen atoms in total. The number of carboxylic acid groups (broad SMARTS) is 1. The first-order chi connectivity index (χ1) is 7.06. The quantitative estimate of drug-likeness (QED) is 0.493. The number of rotatable bonds is 3. The first-order valence-corrected chi connectivity index (χ1v) is 4.78. The SMILES string of the molecule is CCC(C(=O)O)=C(O)C1C=CC(O)=CC1. The fourth-order valence-electron chi connectivity index (χ4n) is 1.48. The molecule has 1 unspecified atom stereocenters. The zero-order chi connectivity index (χ0) is 11.4. The molecule has 0 fully saturated rings. The molecule has 0 radical (unpaired) electrons. The molecule has 82 valence electrons. The Bertz CT molecular complexity index is 350. The van der Waals surface area contributed by atoms with Gasteiger partial charge < -0.3 is 15.3 Å². The fraction of sp³-hybridized carbons (Fsp3) is 0.364. The van der Waals surface area contributed by atoms with Gasteiger partial charge in [-0.25, -0.2) is 4.79 Å². The minimum absolute atomic E-state index is 0.0273. The molecule has 0 saturated heterocycles. The van der Waals surface area contributed by atoms with E-state index in [2.05, 4.69) is 0 Å². The number of aliphatic hydroxyl groups excluding tert-OH is 2. The highest BCUT2D eigenvalue weighted by molar-refractivity contribution is 5.87. The van der Waals surface area contributed by atoms with Crippen LogP contribution in [0.3, 0.4) is 0 Å². The first-order valence-electron chi connectivity index (χ1n) is 4.78. The van der Waals surface area contributed by atoms with E-state index >= 15 is 0 Å². The third kappa shape index (κ3) is 2.62. The second-order valence-electron chi connectivity index (χ2n) is 3.35. The van der Waals surface area contributed by atoms with E-state index in [0.717, 1.165) is 0 Å². The van der Waals surface area contributed by atoms with E-state index in [1.54, 1.807) is 19.1 Å². The molecule has 0 aromatic heterocycles. The Morgan fingerprint density at radius 2 is 2.20 bits per heavy atom. The summed E-state index contributed by atoms with van der Waals surface area (Å²) in [7, 11) is 0. The van der Waals surface area contributed by atoms with Gasteiger partial charge in [0.1, 0.15) is 11.5 Å². The molecule has 0 aromatic rings. The molecule has 3 N–H and O–H groups in total. The lowest BCUT2D eigenvalue weighted by Gasteiger charge is -2.15. The van der Waals surface area contributed by atoms with Crippen molar-refractivity contribution in [3.05, 3.63) is 35.3 Å². The smallest absolute Gasteiger partial charge is 0.334 e. The molecule has 0 amide bonds. The van der Waals surface area contributed by atoms with Crippen LogP contribution in [0.15, 0.2) is 35.3 Å². The number of carboxylic acids is 1. The first kappa shape index (κ1) is 11.4. The summed E-state index contributed by atoms with van der Waals surface area (Å²) in [4.78, 5) is 10.8. The van der Waals surface area contributed by atoms with Crippen LogP contribution in [0.1, 0.15) is 19.8 Å². The van der Waals surface area contributed by atoms with Gasteiger partial charge in [-0.05, 0) is 25.0 Å². The average molecular weight is 210 g/mol. The Labute approximate surface area is 87.9 Å². The predicted molar refractivity (Wildman–Crippen MR) is 55.5 cm³/mol. The molecule has 1 aliphatic carbocycles. The van der Waals surface area contributed by atoms with Gasteiger partial charge in [-0.1, -0.05) is 13.0 Å². The van der Waals surface area contributed by atoms with E-state index in [4.69, 9.17) is 10.2 Å². The van der Waals surface area contributed by atoms with Crippen LogP contribution < -0.4 is 0 Å². The molecule has 15 heavy (non-hydrogen) atoms. The van der Waals surface area contributed by atoms with Gasteiger partial charge in [0.2, 0.25) is 0 Å². The molecule has 0 heterocycles. The molecular formula is C11H14O4. The third-order valence-electron chi connectivity index (χ3n) is 2.35. The number of allylic oxidation sites excluding steroid dienone is 3. The maximum atomic E-state index is 10.8. The van der Waals surface area contributed by atoms with Crippen LogP contribution in [-0.4, -0.2) is 21.3 Å². The van der Waals surface area contributed by atoms with E-state index < -0.39 is 5.97 Å². The molecule has 0 saturated carbocycles. The van der Waals surface area contributed by atoms with Crippen LogP contribution in [0.5, 0.6) is 0 Å². The topological polar surface area (TPSA) is 77.8 Å². The second-order valence-corrected chi connectivity index (χ2v) is 3.35. The van der Waals surface area contributed by atoms with Gasteiger partial charge >= 0.3 is 5.97 Å². The van der Waals surface area contributed by atoms with Crippen LogP contribution in [0, 0.1) is 5.92 Å². The molecule has 1 atom stereocenters. The summed E-state index contributed by atoms with van der Waals surface area (Å²) >= 11 is 0. The molecule has 0 spiro atoms. The molecular weight excluding hydrogens is 196 g/mol. The van der Waals surface area contributed by atoms with E-state index in [1.807, 2.05) is 0 Å². The Kier molecular flexibility index (Phi) is 3.55. The lowest BCUT2D eigenvalue weighted by molar-refractivity contribution is -0.133. The Morgan fingerprint density at radius 3 is 2.60 bits per heavy atom. The predicted octanol–water partition coefficient (Wildman–Crippen LogP) is 2.31. The highest BCUT2D eigenvalue weighted by Gasteiger charge is 2.19. The number of hydrogen-bond donors (Lipinski definition) is 3. The van der Waals surface area contributed by atoms with E-state index in [1.165, 1.54) is 6.08 Å². The lowest BCUT2D eigenvalue weighted by atomic mass is 9.94.